The van der Waals surface area contributed by atoms with Crippen LogP contribution in [0.15, 0.2) is 53.0 Å². The predicted molar refractivity (Wildman–Crippen MR) is 118 cm³/mol. The molecule has 1 fully saturated rings. The molecular formula is C21H19BrN4O2S. The number of rotatable bonds is 5. The maximum absolute atomic E-state index is 12.6. The molecule has 0 spiro atoms. The molecule has 1 aromatic heterocycles. The van der Waals surface area contributed by atoms with E-state index in [0.717, 1.165) is 22.7 Å². The number of hydrogen-bond donors (Lipinski definition) is 1. The topological polar surface area (TPSA) is 75.2 Å². The van der Waals surface area contributed by atoms with Crippen LogP contribution in [-0.2, 0) is 11.2 Å². The van der Waals surface area contributed by atoms with Crippen LogP contribution in [0.1, 0.15) is 40.2 Å². The molecule has 1 N–H and O–H groups in total. The zero-order valence-corrected chi connectivity index (χ0v) is 18.2. The second-order valence-electron chi connectivity index (χ2n) is 6.77. The lowest BCUT2D eigenvalue weighted by molar-refractivity contribution is -0.117. The summed E-state index contributed by atoms with van der Waals surface area (Å²) in [7, 11) is 0. The van der Waals surface area contributed by atoms with E-state index in [1.54, 1.807) is 12.1 Å². The molecule has 1 unspecified atom stereocenters. The Kier molecular flexibility index (Phi) is 5.73. The van der Waals surface area contributed by atoms with Crippen molar-refractivity contribution >= 4 is 49.9 Å². The molecule has 29 heavy (non-hydrogen) atoms. The summed E-state index contributed by atoms with van der Waals surface area (Å²) in [6.07, 6.45) is 1.26. The molecule has 0 saturated carbocycles. The van der Waals surface area contributed by atoms with Crippen LogP contribution >= 0.6 is 27.3 Å². The van der Waals surface area contributed by atoms with E-state index in [2.05, 4.69) is 44.4 Å². The Balaban J connectivity index is 1.48. The molecule has 0 aliphatic carbocycles. The van der Waals surface area contributed by atoms with Crippen LogP contribution in [0.25, 0.3) is 0 Å². The molecule has 8 heteroatoms. The number of benzene rings is 2. The number of carbonyl (C=O) groups excluding carboxylic acids is 2. The number of nitrogens with one attached hydrogen (secondary N) is 1. The third-order valence-electron chi connectivity index (χ3n) is 4.92. The summed E-state index contributed by atoms with van der Waals surface area (Å²) < 4.78 is 0.717. The van der Waals surface area contributed by atoms with Gasteiger partial charge in [0.2, 0.25) is 11.0 Å². The van der Waals surface area contributed by atoms with Gasteiger partial charge in [0.05, 0.1) is 5.56 Å². The van der Waals surface area contributed by atoms with Gasteiger partial charge in [0.1, 0.15) is 5.01 Å². The average Bonchev–Trinajstić information content (AvgIpc) is 3.34. The van der Waals surface area contributed by atoms with Gasteiger partial charge in [-0.25, -0.2) is 0 Å². The van der Waals surface area contributed by atoms with Crippen LogP contribution in [0.5, 0.6) is 0 Å². The smallest absolute Gasteiger partial charge is 0.258 e. The van der Waals surface area contributed by atoms with Crippen LogP contribution in [0, 0.1) is 0 Å². The fourth-order valence-electron chi connectivity index (χ4n) is 3.44. The summed E-state index contributed by atoms with van der Waals surface area (Å²) in [6, 6.07) is 15.2. The molecule has 1 aliphatic heterocycles. The van der Waals surface area contributed by atoms with E-state index in [4.69, 9.17) is 0 Å². The van der Waals surface area contributed by atoms with Gasteiger partial charge in [0, 0.05) is 29.0 Å². The number of carbonyl (C=O) groups is 2. The Morgan fingerprint density at radius 3 is 2.76 bits per heavy atom. The second-order valence-corrected chi connectivity index (χ2v) is 8.63. The van der Waals surface area contributed by atoms with E-state index in [1.165, 1.54) is 11.3 Å². The highest BCUT2D eigenvalue weighted by atomic mass is 79.9. The zero-order valence-electron chi connectivity index (χ0n) is 15.8. The number of halogens is 1. The molecule has 1 aliphatic rings. The third kappa shape index (κ3) is 4.09. The van der Waals surface area contributed by atoms with Gasteiger partial charge < -0.3 is 4.90 Å². The molecule has 3 aromatic rings. The van der Waals surface area contributed by atoms with Gasteiger partial charge in [-0.05, 0) is 46.1 Å². The fraction of sp³-hybridized carbons (Fsp3) is 0.238. The van der Waals surface area contributed by atoms with E-state index in [1.807, 2.05) is 35.2 Å². The normalized spacial score (nSPS) is 16.3. The highest BCUT2D eigenvalue weighted by Gasteiger charge is 2.34. The molecular weight excluding hydrogens is 452 g/mol. The molecule has 0 bridgehead atoms. The average molecular weight is 471 g/mol. The van der Waals surface area contributed by atoms with Crippen molar-refractivity contribution in [3.63, 3.8) is 0 Å². The monoisotopic (exact) mass is 470 g/mol. The van der Waals surface area contributed by atoms with Gasteiger partial charge in [0.25, 0.3) is 5.91 Å². The fourth-order valence-corrected chi connectivity index (χ4v) is 4.73. The van der Waals surface area contributed by atoms with Crippen molar-refractivity contribution < 1.29 is 9.59 Å². The Hall–Kier alpha value is -2.58. The van der Waals surface area contributed by atoms with Crippen LogP contribution in [0.3, 0.4) is 0 Å². The summed E-state index contributed by atoms with van der Waals surface area (Å²) in [5, 5.41) is 12.3. The SMILES string of the molecule is CCc1ccccc1N1CC(c2nnc(NC(=O)c3ccccc3Br)s2)CC1=O. The molecule has 148 valence electrons. The molecule has 2 heterocycles. The lowest BCUT2D eigenvalue weighted by Crippen LogP contribution is -2.25. The highest BCUT2D eigenvalue weighted by Crippen LogP contribution is 2.35. The Morgan fingerprint density at radius 1 is 1.21 bits per heavy atom. The van der Waals surface area contributed by atoms with Crippen LogP contribution < -0.4 is 10.2 Å². The minimum absolute atomic E-state index is 0.0287. The van der Waals surface area contributed by atoms with Crippen LogP contribution in [0.2, 0.25) is 0 Å². The van der Waals surface area contributed by atoms with Gasteiger partial charge in [-0.1, -0.05) is 48.6 Å². The largest absolute Gasteiger partial charge is 0.311 e. The van der Waals surface area contributed by atoms with E-state index in [9.17, 15) is 9.59 Å². The molecule has 0 radical (unpaired) electrons. The first kappa shape index (κ1) is 19.7. The second kappa shape index (κ2) is 8.42. The Morgan fingerprint density at radius 2 is 1.97 bits per heavy atom. The standard InChI is InChI=1S/C21H19BrN4O2S/c1-2-13-7-3-6-10-17(13)26-12-14(11-18(26)27)20-24-25-21(29-20)23-19(28)15-8-4-5-9-16(15)22/h3-10,14H,2,11-12H2,1H3,(H,23,25,28). The van der Waals surface area contributed by atoms with Gasteiger partial charge >= 0.3 is 0 Å². The van der Waals surface area contributed by atoms with Gasteiger partial charge in [-0.2, -0.15) is 0 Å². The van der Waals surface area contributed by atoms with Crippen LogP contribution in [-0.4, -0.2) is 28.6 Å². The van der Waals surface area contributed by atoms with E-state index >= 15 is 0 Å². The van der Waals surface area contributed by atoms with Crippen molar-refractivity contribution in [1.82, 2.24) is 10.2 Å². The first-order valence-electron chi connectivity index (χ1n) is 9.34. The molecule has 2 aromatic carbocycles. The summed E-state index contributed by atoms with van der Waals surface area (Å²) in [5.41, 5.74) is 2.65. The minimum Gasteiger partial charge on any atom is -0.311 e. The molecule has 1 atom stereocenters. The van der Waals surface area contributed by atoms with Crippen molar-refractivity contribution in [2.45, 2.75) is 25.7 Å². The summed E-state index contributed by atoms with van der Waals surface area (Å²) in [4.78, 5) is 26.9. The van der Waals surface area contributed by atoms with Gasteiger partial charge in [0.15, 0.2) is 0 Å². The number of hydrogen-bond acceptors (Lipinski definition) is 5. The number of anilines is 2. The molecule has 1 saturated heterocycles. The molecule has 4 rings (SSSR count). The van der Waals surface area contributed by atoms with E-state index < -0.39 is 0 Å². The number of nitrogens with zero attached hydrogens (tertiary/aromatic N) is 3. The quantitative estimate of drug-likeness (QED) is 0.589. The minimum atomic E-state index is -0.249. The number of para-hydroxylation sites is 1. The van der Waals surface area contributed by atoms with Crippen molar-refractivity contribution in [1.29, 1.82) is 0 Å². The zero-order chi connectivity index (χ0) is 20.4. The van der Waals surface area contributed by atoms with Crippen molar-refractivity contribution in [3.05, 3.63) is 69.1 Å². The maximum Gasteiger partial charge on any atom is 0.258 e. The van der Waals surface area contributed by atoms with E-state index in [-0.39, 0.29) is 17.7 Å². The van der Waals surface area contributed by atoms with Gasteiger partial charge in [-0.15, -0.1) is 10.2 Å². The van der Waals surface area contributed by atoms with Gasteiger partial charge in [-0.3, -0.25) is 14.9 Å². The first-order valence-corrected chi connectivity index (χ1v) is 10.9. The Labute approximate surface area is 181 Å². The maximum atomic E-state index is 12.6. The van der Waals surface area contributed by atoms with Crippen molar-refractivity contribution in [2.75, 3.05) is 16.8 Å². The number of amides is 2. The van der Waals surface area contributed by atoms with Crippen molar-refractivity contribution in [2.24, 2.45) is 0 Å². The Bertz CT molecular complexity index is 1070. The summed E-state index contributed by atoms with van der Waals surface area (Å²) >= 11 is 4.70. The van der Waals surface area contributed by atoms with Crippen LogP contribution in [0.4, 0.5) is 10.8 Å². The first-order chi connectivity index (χ1) is 14.1. The highest BCUT2D eigenvalue weighted by molar-refractivity contribution is 9.10. The molecule has 6 nitrogen and oxygen atoms in total. The van der Waals surface area contributed by atoms with Crippen molar-refractivity contribution in [3.8, 4) is 0 Å². The summed E-state index contributed by atoms with van der Waals surface area (Å²) in [6.45, 7) is 2.66. The summed E-state index contributed by atoms with van der Waals surface area (Å²) in [5.74, 6) is -0.190. The van der Waals surface area contributed by atoms with E-state index in [0.29, 0.717) is 28.1 Å². The third-order valence-corrected chi connectivity index (χ3v) is 6.61. The lowest BCUT2D eigenvalue weighted by Gasteiger charge is -2.19. The lowest BCUT2D eigenvalue weighted by atomic mass is 10.1. The number of aromatic nitrogens is 2. The predicted octanol–water partition coefficient (Wildman–Crippen LogP) is 4.64. The number of aryl methyl sites for hydroxylation is 1. The molecule has 2 amide bonds.